The number of nitrogens with two attached hydrogens (primary N) is 1. The van der Waals surface area contributed by atoms with Crippen LogP contribution in [-0.4, -0.2) is 6.54 Å². The van der Waals surface area contributed by atoms with Crippen molar-refractivity contribution in [3.8, 4) is 0 Å². The Morgan fingerprint density at radius 2 is 2.10 bits per heavy atom. The quantitative estimate of drug-likeness (QED) is 0.597. The predicted octanol–water partition coefficient (Wildman–Crippen LogP) is 2.33. The molecule has 0 aliphatic rings. The van der Waals surface area contributed by atoms with Gasteiger partial charge in [-0.05, 0) is 25.7 Å². The molecule has 10 heavy (non-hydrogen) atoms. The van der Waals surface area contributed by atoms with E-state index in [0.29, 0.717) is 6.54 Å². The lowest BCUT2D eigenvalue weighted by Gasteiger charge is -2.00. The first-order valence-corrected chi connectivity index (χ1v) is 4.02. The highest BCUT2D eigenvalue weighted by Crippen LogP contribution is 2.05. The molecule has 0 fully saturated rings. The van der Waals surface area contributed by atoms with Crippen molar-refractivity contribution in [1.82, 2.24) is 0 Å². The van der Waals surface area contributed by atoms with Crippen molar-refractivity contribution in [3.63, 3.8) is 0 Å². The van der Waals surface area contributed by atoms with Crippen LogP contribution in [0.5, 0.6) is 0 Å². The highest BCUT2D eigenvalue weighted by Gasteiger charge is 1.90. The summed E-state index contributed by atoms with van der Waals surface area (Å²) in [4.78, 5) is 0. The summed E-state index contributed by atoms with van der Waals surface area (Å²) in [6.45, 7) is 7.27. The molecule has 0 saturated carbocycles. The van der Waals surface area contributed by atoms with Gasteiger partial charge < -0.3 is 5.73 Å². The van der Waals surface area contributed by atoms with Crippen molar-refractivity contribution in [2.24, 2.45) is 11.7 Å². The summed E-state index contributed by atoms with van der Waals surface area (Å²) in [5, 5.41) is 0. The van der Waals surface area contributed by atoms with E-state index in [1.807, 2.05) is 0 Å². The van der Waals surface area contributed by atoms with Gasteiger partial charge in [0.1, 0.15) is 0 Å². The van der Waals surface area contributed by atoms with Crippen LogP contribution in [0, 0.1) is 5.92 Å². The van der Waals surface area contributed by atoms with Crippen molar-refractivity contribution < 1.29 is 0 Å². The molecule has 0 radical (unpaired) electrons. The molecule has 2 N–H and O–H groups in total. The number of rotatable bonds is 4. The van der Waals surface area contributed by atoms with E-state index in [1.165, 1.54) is 18.4 Å². The Labute approximate surface area is 64.3 Å². The second-order valence-electron chi connectivity index (χ2n) is 3.23. The molecule has 0 aromatic heterocycles. The molecule has 0 spiro atoms. The van der Waals surface area contributed by atoms with Gasteiger partial charge in [-0.1, -0.05) is 25.5 Å². The first-order chi connectivity index (χ1) is 4.66. The van der Waals surface area contributed by atoms with Gasteiger partial charge in [-0.3, -0.25) is 0 Å². The highest BCUT2D eigenvalue weighted by molar-refractivity contribution is 4.98. The Balaban J connectivity index is 3.34. The smallest absolute Gasteiger partial charge is 0.0134 e. The van der Waals surface area contributed by atoms with Crippen LogP contribution in [0.4, 0.5) is 0 Å². The van der Waals surface area contributed by atoms with E-state index in [-0.39, 0.29) is 0 Å². The molecule has 0 aromatic rings. The van der Waals surface area contributed by atoms with E-state index >= 15 is 0 Å². The zero-order valence-corrected chi connectivity index (χ0v) is 7.35. The maximum atomic E-state index is 5.42. The summed E-state index contributed by atoms with van der Waals surface area (Å²) in [5.41, 5.74) is 6.73. The minimum atomic E-state index is 0.706. The Bertz CT molecular complexity index is 103. The molecule has 0 rings (SSSR count). The topological polar surface area (TPSA) is 26.0 Å². The zero-order chi connectivity index (χ0) is 7.98. The van der Waals surface area contributed by atoms with Crippen LogP contribution in [-0.2, 0) is 0 Å². The summed E-state index contributed by atoms with van der Waals surface area (Å²) in [6, 6.07) is 0. The third-order valence-corrected chi connectivity index (χ3v) is 1.56. The van der Waals surface area contributed by atoms with Gasteiger partial charge in [0.2, 0.25) is 0 Å². The Morgan fingerprint density at radius 3 is 2.50 bits per heavy atom. The molecule has 0 saturated heterocycles. The molecular weight excluding hydrogens is 122 g/mol. The van der Waals surface area contributed by atoms with Crippen molar-refractivity contribution in [1.29, 1.82) is 0 Å². The van der Waals surface area contributed by atoms with Crippen LogP contribution < -0.4 is 5.73 Å². The zero-order valence-electron chi connectivity index (χ0n) is 7.35. The average Bonchev–Trinajstić information content (AvgIpc) is 1.87. The van der Waals surface area contributed by atoms with Crippen molar-refractivity contribution in [3.05, 3.63) is 11.6 Å². The van der Waals surface area contributed by atoms with Gasteiger partial charge in [0.25, 0.3) is 0 Å². The van der Waals surface area contributed by atoms with Crippen LogP contribution in [0.25, 0.3) is 0 Å². The lowest BCUT2D eigenvalue weighted by Crippen LogP contribution is -1.99. The predicted molar refractivity (Wildman–Crippen MR) is 46.9 cm³/mol. The first-order valence-electron chi connectivity index (χ1n) is 4.02. The standard InChI is InChI=1S/C9H19N/c1-8(2)5-4-6-9(3)7-10/h6,8H,4-5,7,10H2,1-3H3/b9-6-. The number of hydrogen-bond acceptors (Lipinski definition) is 1. The summed E-state index contributed by atoms with van der Waals surface area (Å²) in [7, 11) is 0. The second-order valence-corrected chi connectivity index (χ2v) is 3.23. The fourth-order valence-electron chi connectivity index (χ4n) is 0.746. The molecule has 0 aliphatic heterocycles. The van der Waals surface area contributed by atoms with Crippen LogP contribution in [0.1, 0.15) is 33.6 Å². The Hall–Kier alpha value is -0.300. The van der Waals surface area contributed by atoms with Gasteiger partial charge in [-0.2, -0.15) is 0 Å². The lowest BCUT2D eigenvalue weighted by atomic mass is 10.1. The summed E-state index contributed by atoms with van der Waals surface area (Å²) >= 11 is 0. The molecule has 1 nitrogen and oxygen atoms in total. The summed E-state index contributed by atoms with van der Waals surface area (Å²) in [6.07, 6.45) is 4.69. The third kappa shape index (κ3) is 5.83. The van der Waals surface area contributed by atoms with E-state index in [9.17, 15) is 0 Å². The lowest BCUT2D eigenvalue weighted by molar-refractivity contribution is 0.593. The summed E-state index contributed by atoms with van der Waals surface area (Å²) < 4.78 is 0. The summed E-state index contributed by atoms with van der Waals surface area (Å²) in [5.74, 6) is 0.807. The monoisotopic (exact) mass is 141 g/mol. The van der Waals surface area contributed by atoms with E-state index in [2.05, 4.69) is 26.8 Å². The third-order valence-electron chi connectivity index (χ3n) is 1.56. The SMILES string of the molecule is C/C(=C/CCC(C)C)CN. The fraction of sp³-hybridized carbons (Fsp3) is 0.778. The largest absolute Gasteiger partial charge is 0.327 e. The molecular formula is C9H19N. The minimum absolute atomic E-state index is 0.706. The fourth-order valence-corrected chi connectivity index (χ4v) is 0.746. The molecule has 0 unspecified atom stereocenters. The van der Waals surface area contributed by atoms with E-state index in [1.54, 1.807) is 0 Å². The molecule has 1 heteroatoms. The molecule has 0 heterocycles. The molecule has 0 aliphatic carbocycles. The molecule has 0 aromatic carbocycles. The van der Waals surface area contributed by atoms with Crippen molar-refractivity contribution in [2.75, 3.05) is 6.54 Å². The van der Waals surface area contributed by atoms with Gasteiger partial charge >= 0.3 is 0 Å². The first kappa shape index (κ1) is 9.70. The van der Waals surface area contributed by atoms with Gasteiger partial charge in [0.15, 0.2) is 0 Å². The van der Waals surface area contributed by atoms with E-state index in [0.717, 1.165) is 5.92 Å². The highest BCUT2D eigenvalue weighted by atomic mass is 14.5. The van der Waals surface area contributed by atoms with Gasteiger partial charge in [-0.25, -0.2) is 0 Å². The van der Waals surface area contributed by atoms with Crippen LogP contribution >= 0.6 is 0 Å². The number of allylic oxidation sites excluding steroid dienone is 1. The van der Waals surface area contributed by atoms with E-state index < -0.39 is 0 Å². The van der Waals surface area contributed by atoms with E-state index in [4.69, 9.17) is 5.73 Å². The normalized spacial score (nSPS) is 12.7. The second kappa shape index (κ2) is 5.48. The maximum absolute atomic E-state index is 5.42. The molecule has 60 valence electrons. The number of hydrogen-bond donors (Lipinski definition) is 1. The average molecular weight is 141 g/mol. The van der Waals surface area contributed by atoms with Crippen LogP contribution in [0.3, 0.4) is 0 Å². The Kier molecular flexibility index (Phi) is 5.32. The minimum Gasteiger partial charge on any atom is -0.327 e. The molecule has 0 bridgehead atoms. The van der Waals surface area contributed by atoms with Crippen LogP contribution in [0.15, 0.2) is 11.6 Å². The van der Waals surface area contributed by atoms with Crippen molar-refractivity contribution >= 4 is 0 Å². The molecule has 0 atom stereocenters. The van der Waals surface area contributed by atoms with Gasteiger partial charge in [-0.15, -0.1) is 0 Å². The van der Waals surface area contributed by atoms with Gasteiger partial charge in [0.05, 0.1) is 0 Å². The van der Waals surface area contributed by atoms with Gasteiger partial charge in [0, 0.05) is 6.54 Å². The maximum Gasteiger partial charge on any atom is 0.0134 e. The Morgan fingerprint density at radius 1 is 1.50 bits per heavy atom. The van der Waals surface area contributed by atoms with Crippen molar-refractivity contribution in [2.45, 2.75) is 33.6 Å². The molecule has 0 amide bonds. The van der Waals surface area contributed by atoms with Crippen LogP contribution in [0.2, 0.25) is 0 Å².